The molecule has 0 bridgehead atoms. The summed E-state index contributed by atoms with van der Waals surface area (Å²) >= 11 is 0. The molecule has 0 atom stereocenters. The fourth-order valence-corrected chi connectivity index (χ4v) is 1.73. The smallest absolute Gasteiger partial charge is 0.138 e. The number of ether oxygens (including phenoxy) is 1. The second-order valence-corrected chi connectivity index (χ2v) is 4.32. The Balaban J connectivity index is 2.31. The summed E-state index contributed by atoms with van der Waals surface area (Å²) in [5, 5.41) is 16.5. The van der Waals surface area contributed by atoms with E-state index in [1.54, 1.807) is 30.3 Å². The number of aliphatic hydroxyl groups excluding tert-OH is 1. The first kappa shape index (κ1) is 13.1. The number of rotatable bonds is 4. The van der Waals surface area contributed by atoms with Gasteiger partial charge in [-0.1, -0.05) is 18.2 Å². The van der Waals surface area contributed by atoms with E-state index in [0.717, 1.165) is 11.1 Å². The summed E-state index contributed by atoms with van der Waals surface area (Å²) in [6.45, 7) is 1.95. The number of aliphatic hydroxyl groups is 1. The molecule has 0 heterocycles. The predicted octanol–water partition coefficient (Wildman–Crippen LogP) is 2.56. The molecule has 0 amide bonds. The summed E-state index contributed by atoms with van der Waals surface area (Å²) in [7, 11) is 0. The molecule has 0 radical (unpaired) electrons. The highest BCUT2D eigenvalue weighted by Crippen LogP contribution is 2.26. The van der Waals surface area contributed by atoms with Crippen LogP contribution in [-0.2, 0) is 6.61 Å². The Morgan fingerprint density at radius 1 is 1.21 bits per heavy atom. The molecule has 98 valence electrons. The van der Waals surface area contributed by atoms with E-state index in [-0.39, 0.29) is 12.4 Å². The van der Waals surface area contributed by atoms with E-state index in [0.29, 0.717) is 17.1 Å². The lowest BCUT2D eigenvalue weighted by Gasteiger charge is -2.11. The molecular weight excluding hydrogens is 240 g/mol. The van der Waals surface area contributed by atoms with Crippen LogP contribution in [0.25, 0.3) is 0 Å². The van der Waals surface area contributed by atoms with E-state index in [9.17, 15) is 0 Å². The Kier molecular flexibility index (Phi) is 3.82. The number of hydrogen-bond acceptors (Lipinski definition) is 3. The summed E-state index contributed by atoms with van der Waals surface area (Å²) in [6, 6.07) is 12.6. The van der Waals surface area contributed by atoms with Crippen LogP contribution < -0.4 is 10.5 Å². The first-order valence-electron chi connectivity index (χ1n) is 5.93. The molecule has 4 heteroatoms. The Labute approximate surface area is 112 Å². The molecule has 0 saturated heterocycles. The molecule has 2 aromatic rings. The maximum atomic E-state index is 8.99. The molecule has 2 aromatic carbocycles. The second kappa shape index (κ2) is 5.54. The summed E-state index contributed by atoms with van der Waals surface area (Å²) < 4.78 is 5.75. The molecule has 0 fully saturated rings. The van der Waals surface area contributed by atoms with Gasteiger partial charge in [-0.2, -0.15) is 0 Å². The van der Waals surface area contributed by atoms with E-state index in [4.69, 9.17) is 21.0 Å². The van der Waals surface area contributed by atoms with Crippen molar-refractivity contribution in [3.05, 3.63) is 59.2 Å². The summed E-state index contributed by atoms with van der Waals surface area (Å²) in [5.74, 6) is 1.18. The Bertz CT molecular complexity index is 592. The van der Waals surface area contributed by atoms with Crippen LogP contribution in [0.4, 0.5) is 0 Å². The van der Waals surface area contributed by atoms with E-state index >= 15 is 0 Å². The Morgan fingerprint density at radius 3 is 2.47 bits per heavy atom. The van der Waals surface area contributed by atoms with Crippen molar-refractivity contribution < 1.29 is 9.84 Å². The fraction of sp³-hybridized carbons (Fsp3) is 0.133. The highest BCUT2D eigenvalue weighted by Gasteiger charge is 2.08. The van der Waals surface area contributed by atoms with Gasteiger partial charge < -0.3 is 15.6 Å². The van der Waals surface area contributed by atoms with Crippen LogP contribution in [-0.4, -0.2) is 10.9 Å². The van der Waals surface area contributed by atoms with Crippen molar-refractivity contribution in [3.63, 3.8) is 0 Å². The molecule has 0 aliphatic rings. The van der Waals surface area contributed by atoms with Crippen molar-refractivity contribution in [1.29, 1.82) is 5.41 Å². The minimum atomic E-state index is -0.0259. The monoisotopic (exact) mass is 256 g/mol. The van der Waals surface area contributed by atoms with Crippen LogP contribution >= 0.6 is 0 Å². The summed E-state index contributed by atoms with van der Waals surface area (Å²) in [6.07, 6.45) is 0. The van der Waals surface area contributed by atoms with Crippen LogP contribution in [0.1, 0.15) is 16.7 Å². The Hall–Kier alpha value is -2.33. The van der Waals surface area contributed by atoms with Crippen LogP contribution in [0.5, 0.6) is 11.5 Å². The minimum Gasteiger partial charge on any atom is -0.457 e. The van der Waals surface area contributed by atoms with Gasteiger partial charge >= 0.3 is 0 Å². The van der Waals surface area contributed by atoms with E-state index in [1.165, 1.54) is 0 Å². The predicted molar refractivity (Wildman–Crippen MR) is 74.6 cm³/mol. The third-order valence-corrected chi connectivity index (χ3v) is 2.76. The van der Waals surface area contributed by atoms with Crippen molar-refractivity contribution in [3.8, 4) is 11.5 Å². The Morgan fingerprint density at radius 2 is 1.89 bits per heavy atom. The van der Waals surface area contributed by atoms with Crippen molar-refractivity contribution in [1.82, 2.24) is 0 Å². The van der Waals surface area contributed by atoms with Gasteiger partial charge in [0.05, 0.1) is 12.2 Å². The van der Waals surface area contributed by atoms with Crippen LogP contribution in [0.3, 0.4) is 0 Å². The lowest BCUT2D eigenvalue weighted by molar-refractivity contribution is 0.281. The van der Waals surface area contributed by atoms with Gasteiger partial charge in [0.2, 0.25) is 0 Å². The molecule has 19 heavy (non-hydrogen) atoms. The number of hydrogen-bond donors (Lipinski definition) is 3. The van der Waals surface area contributed by atoms with Gasteiger partial charge in [-0.25, -0.2) is 0 Å². The van der Waals surface area contributed by atoms with Crippen LogP contribution in [0, 0.1) is 12.3 Å². The average Bonchev–Trinajstić information content (AvgIpc) is 2.39. The average molecular weight is 256 g/mol. The number of nitrogen functional groups attached to an aromatic ring is 1. The van der Waals surface area contributed by atoms with Crippen molar-refractivity contribution in [2.24, 2.45) is 5.73 Å². The van der Waals surface area contributed by atoms with Gasteiger partial charge in [-0.15, -0.1) is 0 Å². The highest BCUT2D eigenvalue weighted by molar-refractivity contribution is 5.97. The van der Waals surface area contributed by atoms with Gasteiger partial charge in [0.1, 0.15) is 17.3 Å². The molecule has 0 aliphatic heterocycles. The van der Waals surface area contributed by atoms with Gasteiger partial charge in [-0.05, 0) is 42.3 Å². The van der Waals surface area contributed by atoms with Gasteiger partial charge in [0.25, 0.3) is 0 Å². The molecule has 0 aliphatic carbocycles. The topological polar surface area (TPSA) is 79.3 Å². The molecule has 2 rings (SSSR count). The normalized spacial score (nSPS) is 10.2. The third kappa shape index (κ3) is 3.11. The largest absolute Gasteiger partial charge is 0.457 e. The number of benzene rings is 2. The van der Waals surface area contributed by atoms with Crippen molar-refractivity contribution in [2.45, 2.75) is 13.5 Å². The molecule has 0 aromatic heterocycles. The van der Waals surface area contributed by atoms with E-state index in [1.807, 2.05) is 19.1 Å². The number of nitrogens with one attached hydrogen (secondary N) is 1. The lowest BCUT2D eigenvalue weighted by Crippen LogP contribution is -2.12. The molecule has 0 spiro atoms. The van der Waals surface area contributed by atoms with Gasteiger partial charge in [-0.3, -0.25) is 5.41 Å². The van der Waals surface area contributed by atoms with Gasteiger partial charge in [0.15, 0.2) is 0 Å². The first-order chi connectivity index (χ1) is 9.10. The van der Waals surface area contributed by atoms with Gasteiger partial charge in [0, 0.05) is 0 Å². The van der Waals surface area contributed by atoms with Crippen molar-refractivity contribution >= 4 is 5.84 Å². The van der Waals surface area contributed by atoms with Crippen molar-refractivity contribution in [2.75, 3.05) is 0 Å². The summed E-state index contributed by atoms with van der Waals surface area (Å²) in [4.78, 5) is 0. The zero-order valence-electron chi connectivity index (χ0n) is 10.7. The van der Waals surface area contributed by atoms with Crippen LogP contribution in [0.15, 0.2) is 42.5 Å². The molecule has 0 unspecified atom stereocenters. The number of nitrogens with two attached hydrogens (primary N) is 1. The molecule has 4 nitrogen and oxygen atoms in total. The SMILES string of the molecule is Cc1ccc(C(=N)N)c(Oc2ccc(CO)cc2)c1. The minimum absolute atomic E-state index is 0.00339. The molecule has 4 N–H and O–H groups in total. The first-order valence-corrected chi connectivity index (χ1v) is 5.93. The fourth-order valence-electron chi connectivity index (χ4n) is 1.73. The highest BCUT2D eigenvalue weighted by atomic mass is 16.5. The quantitative estimate of drug-likeness (QED) is 0.581. The molecule has 0 saturated carbocycles. The zero-order valence-corrected chi connectivity index (χ0v) is 10.7. The zero-order chi connectivity index (χ0) is 13.8. The maximum absolute atomic E-state index is 8.99. The van der Waals surface area contributed by atoms with E-state index in [2.05, 4.69) is 0 Å². The second-order valence-electron chi connectivity index (χ2n) is 4.32. The molecular formula is C15H16N2O2. The lowest BCUT2D eigenvalue weighted by atomic mass is 10.1. The summed E-state index contributed by atoms with van der Waals surface area (Å²) in [5.41, 5.74) is 7.96. The maximum Gasteiger partial charge on any atom is 0.138 e. The number of amidine groups is 1. The van der Waals surface area contributed by atoms with Crippen LogP contribution in [0.2, 0.25) is 0 Å². The standard InChI is InChI=1S/C15H16N2O2/c1-10-2-7-13(15(16)17)14(8-10)19-12-5-3-11(9-18)4-6-12/h2-8,18H,9H2,1H3,(H3,16,17). The number of aryl methyl sites for hydroxylation is 1. The third-order valence-electron chi connectivity index (χ3n) is 2.76. The van der Waals surface area contributed by atoms with E-state index < -0.39 is 0 Å².